The maximum absolute atomic E-state index is 11.6. The van der Waals surface area contributed by atoms with Gasteiger partial charge in [0.15, 0.2) is 0 Å². The molecule has 0 atom stereocenters. The van der Waals surface area contributed by atoms with Crippen molar-refractivity contribution in [3.8, 4) is 0 Å². The van der Waals surface area contributed by atoms with E-state index in [2.05, 4.69) is 10.5 Å². The fourth-order valence-electron chi connectivity index (χ4n) is 2.01. The van der Waals surface area contributed by atoms with Gasteiger partial charge in [0.25, 0.3) is 0 Å². The third kappa shape index (κ3) is 6.70. The molecular weight excluding hydrogens is 318 g/mol. The molecule has 6 heteroatoms. The summed E-state index contributed by atoms with van der Waals surface area (Å²) in [5.74, 6) is -0.564. The standard InChI is InChI=1S/C19H19N3O3/c1-14(23)21-17-10-7-16(8-11-17)13-18(20)22-25-19(24)12-9-15-5-3-2-4-6-15/h2-12H,13H2,1H3,(H2,20,22)(H,21,23)/b12-9+. The third-order valence-electron chi connectivity index (χ3n) is 3.12. The Kier molecular flexibility index (Phi) is 6.47. The highest BCUT2D eigenvalue weighted by Gasteiger charge is 2.02. The molecule has 0 radical (unpaired) electrons. The molecule has 2 aromatic carbocycles. The number of hydrogen-bond acceptors (Lipinski definition) is 4. The number of amides is 1. The second kappa shape index (κ2) is 9.02. The summed E-state index contributed by atoms with van der Waals surface area (Å²) in [6.45, 7) is 1.44. The van der Waals surface area contributed by atoms with Gasteiger partial charge in [-0.2, -0.15) is 0 Å². The van der Waals surface area contributed by atoms with E-state index in [0.29, 0.717) is 12.1 Å². The molecule has 0 aliphatic heterocycles. The van der Waals surface area contributed by atoms with Crippen LogP contribution >= 0.6 is 0 Å². The monoisotopic (exact) mass is 337 g/mol. The summed E-state index contributed by atoms with van der Waals surface area (Å²) in [7, 11) is 0. The number of nitrogens with one attached hydrogen (secondary N) is 1. The van der Waals surface area contributed by atoms with Gasteiger partial charge in [-0.15, -0.1) is 0 Å². The second-order valence-electron chi connectivity index (χ2n) is 5.29. The highest BCUT2D eigenvalue weighted by atomic mass is 16.7. The van der Waals surface area contributed by atoms with Crippen LogP contribution < -0.4 is 11.1 Å². The number of amidine groups is 1. The minimum absolute atomic E-state index is 0.135. The molecule has 2 rings (SSSR count). The summed E-state index contributed by atoms with van der Waals surface area (Å²) in [4.78, 5) is 27.3. The molecule has 6 nitrogen and oxygen atoms in total. The van der Waals surface area contributed by atoms with Crippen LogP contribution in [0, 0.1) is 0 Å². The third-order valence-corrected chi connectivity index (χ3v) is 3.12. The molecular formula is C19H19N3O3. The Morgan fingerprint density at radius 3 is 2.44 bits per heavy atom. The Morgan fingerprint density at radius 2 is 1.80 bits per heavy atom. The van der Waals surface area contributed by atoms with Crippen molar-refractivity contribution < 1.29 is 14.4 Å². The van der Waals surface area contributed by atoms with E-state index in [1.807, 2.05) is 42.5 Å². The zero-order valence-electron chi connectivity index (χ0n) is 13.8. The lowest BCUT2D eigenvalue weighted by molar-refractivity contribution is -0.137. The average Bonchev–Trinajstić information content (AvgIpc) is 2.60. The molecule has 25 heavy (non-hydrogen) atoms. The van der Waals surface area contributed by atoms with Crippen LogP contribution in [0.5, 0.6) is 0 Å². The molecule has 2 aromatic rings. The number of oxime groups is 1. The van der Waals surface area contributed by atoms with Crippen molar-refractivity contribution in [1.82, 2.24) is 0 Å². The summed E-state index contributed by atoms with van der Waals surface area (Å²) in [6, 6.07) is 16.5. The first-order valence-electron chi connectivity index (χ1n) is 7.66. The number of benzene rings is 2. The van der Waals surface area contributed by atoms with Crippen LogP contribution in [0.2, 0.25) is 0 Å². The second-order valence-corrected chi connectivity index (χ2v) is 5.29. The van der Waals surface area contributed by atoms with Crippen LogP contribution in [-0.2, 0) is 20.8 Å². The molecule has 0 heterocycles. The number of rotatable bonds is 6. The molecule has 0 bridgehead atoms. The van der Waals surface area contributed by atoms with Crippen LogP contribution in [0.1, 0.15) is 18.1 Å². The van der Waals surface area contributed by atoms with Crippen LogP contribution in [0.25, 0.3) is 6.08 Å². The van der Waals surface area contributed by atoms with Crippen LogP contribution in [0.4, 0.5) is 5.69 Å². The molecule has 0 fully saturated rings. The SMILES string of the molecule is CC(=O)Nc1ccc(C/C(N)=N/OC(=O)/C=C/c2ccccc2)cc1. The van der Waals surface area contributed by atoms with E-state index < -0.39 is 5.97 Å². The number of carbonyl (C=O) groups is 2. The van der Waals surface area contributed by atoms with E-state index in [0.717, 1.165) is 11.1 Å². The molecule has 0 aliphatic rings. The van der Waals surface area contributed by atoms with Gasteiger partial charge in [0.2, 0.25) is 5.91 Å². The van der Waals surface area contributed by atoms with Gasteiger partial charge in [-0.05, 0) is 29.3 Å². The Bertz CT molecular complexity index is 781. The fourth-order valence-corrected chi connectivity index (χ4v) is 2.01. The number of nitrogens with two attached hydrogens (primary N) is 1. The minimum Gasteiger partial charge on any atom is -0.384 e. The molecule has 0 aromatic heterocycles. The van der Waals surface area contributed by atoms with Crippen LogP contribution in [0.15, 0.2) is 65.8 Å². The molecule has 0 aliphatic carbocycles. The Hall–Kier alpha value is -3.41. The Labute approximate surface area is 146 Å². The summed E-state index contributed by atoms with van der Waals surface area (Å²) in [6.07, 6.45) is 3.25. The molecule has 1 amide bonds. The van der Waals surface area contributed by atoms with E-state index >= 15 is 0 Å². The molecule has 128 valence electrons. The number of anilines is 1. The maximum Gasteiger partial charge on any atom is 0.358 e. The van der Waals surface area contributed by atoms with Crippen molar-refractivity contribution in [2.45, 2.75) is 13.3 Å². The van der Waals surface area contributed by atoms with Gasteiger partial charge in [-0.1, -0.05) is 47.6 Å². The van der Waals surface area contributed by atoms with E-state index in [9.17, 15) is 9.59 Å². The van der Waals surface area contributed by atoms with E-state index in [1.165, 1.54) is 13.0 Å². The maximum atomic E-state index is 11.6. The molecule has 0 saturated carbocycles. The van der Waals surface area contributed by atoms with E-state index in [4.69, 9.17) is 10.6 Å². The summed E-state index contributed by atoms with van der Waals surface area (Å²) in [5, 5.41) is 6.30. The van der Waals surface area contributed by atoms with Gasteiger partial charge in [0.05, 0.1) is 0 Å². The highest BCUT2D eigenvalue weighted by molar-refractivity contribution is 5.89. The van der Waals surface area contributed by atoms with Crippen molar-refractivity contribution in [1.29, 1.82) is 0 Å². The Balaban J connectivity index is 1.85. The van der Waals surface area contributed by atoms with Crippen LogP contribution in [0.3, 0.4) is 0 Å². The van der Waals surface area contributed by atoms with Gasteiger partial charge >= 0.3 is 5.97 Å². The fraction of sp³-hybridized carbons (Fsp3) is 0.105. The summed E-state index contributed by atoms with van der Waals surface area (Å²) in [5.41, 5.74) is 8.22. The van der Waals surface area contributed by atoms with Crippen molar-refractivity contribution in [3.63, 3.8) is 0 Å². The van der Waals surface area contributed by atoms with Crippen molar-refractivity contribution in [2.24, 2.45) is 10.9 Å². The van der Waals surface area contributed by atoms with Crippen molar-refractivity contribution in [2.75, 3.05) is 5.32 Å². The van der Waals surface area contributed by atoms with Gasteiger partial charge in [-0.25, -0.2) is 4.79 Å². The van der Waals surface area contributed by atoms with E-state index in [-0.39, 0.29) is 11.7 Å². The lowest BCUT2D eigenvalue weighted by atomic mass is 10.1. The molecule has 0 unspecified atom stereocenters. The predicted molar refractivity (Wildman–Crippen MR) is 97.6 cm³/mol. The lowest BCUT2D eigenvalue weighted by Crippen LogP contribution is -2.16. The zero-order valence-corrected chi connectivity index (χ0v) is 13.8. The topological polar surface area (TPSA) is 93.8 Å². The number of nitrogens with zero attached hydrogens (tertiary/aromatic N) is 1. The molecule has 0 spiro atoms. The van der Waals surface area contributed by atoms with Crippen molar-refractivity contribution in [3.05, 3.63) is 71.8 Å². The first-order chi connectivity index (χ1) is 12.0. The van der Waals surface area contributed by atoms with E-state index in [1.54, 1.807) is 18.2 Å². The van der Waals surface area contributed by atoms with Gasteiger partial charge in [0.1, 0.15) is 5.84 Å². The number of hydrogen-bond donors (Lipinski definition) is 2. The summed E-state index contributed by atoms with van der Waals surface area (Å²) < 4.78 is 0. The normalized spacial score (nSPS) is 11.3. The predicted octanol–water partition coefficient (Wildman–Crippen LogP) is 2.72. The molecule has 3 N–H and O–H groups in total. The largest absolute Gasteiger partial charge is 0.384 e. The van der Waals surface area contributed by atoms with Gasteiger partial charge < -0.3 is 15.9 Å². The highest BCUT2D eigenvalue weighted by Crippen LogP contribution is 2.10. The first kappa shape index (κ1) is 17.9. The Morgan fingerprint density at radius 1 is 1.12 bits per heavy atom. The smallest absolute Gasteiger partial charge is 0.358 e. The van der Waals surface area contributed by atoms with Gasteiger partial charge in [-0.3, -0.25) is 4.79 Å². The quantitative estimate of drug-likeness (QED) is 0.279. The average molecular weight is 337 g/mol. The summed E-state index contributed by atoms with van der Waals surface area (Å²) >= 11 is 0. The lowest BCUT2D eigenvalue weighted by Gasteiger charge is -2.04. The van der Waals surface area contributed by atoms with Crippen LogP contribution in [-0.4, -0.2) is 17.7 Å². The van der Waals surface area contributed by atoms with Gasteiger partial charge in [0, 0.05) is 25.1 Å². The first-order valence-corrected chi connectivity index (χ1v) is 7.66. The molecule has 0 saturated heterocycles. The van der Waals surface area contributed by atoms with Crippen molar-refractivity contribution >= 4 is 29.5 Å². The number of carbonyl (C=O) groups excluding carboxylic acids is 2. The minimum atomic E-state index is -0.604. The zero-order chi connectivity index (χ0) is 18.1.